The molecule has 0 spiro atoms. The minimum Gasteiger partial charge on any atom is -0.496 e. The Bertz CT molecular complexity index is 750. The van der Waals surface area contributed by atoms with Gasteiger partial charge in [0.2, 0.25) is 0 Å². The van der Waals surface area contributed by atoms with Crippen molar-refractivity contribution in [3.8, 4) is 5.75 Å². The molecule has 2 rings (SSSR count). The van der Waals surface area contributed by atoms with Crippen LogP contribution in [0.25, 0.3) is 0 Å². The minimum atomic E-state index is 0. The van der Waals surface area contributed by atoms with Crippen LogP contribution in [-0.4, -0.2) is 62.1 Å². The zero-order valence-corrected chi connectivity index (χ0v) is 20.7. The number of aryl methyl sites for hydroxylation is 1. The molecular formula is C20H32IN5OS. The largest absolute Gasteiger partial charge is 0.496 e. The average Bonchev–Trinajstić information content (AvgIpc) is 3.05. The van der Waals surface area contributed by atoms with Crippen molar-refractivity contribution in [3.05, 3.63) is 45.9 Å². The van der Waals surface area contributed by atoms with E-state index in [2.05, 4.69) is 52.6 Å². The smallest absolute Gasteiger partial charge is 0.194 e. The molecular weight excluding hydrogens is 485 g/mol. The summed E-state index contributed by atoms with van der Waals surface area (Å²) in [5.41, 5.74) is 2.21. The van der Waals surface area contributed by atoms with Gasteiger partial charge in [-0.2, -0.15) is 0 Å². The number of para-hydroxylation sites is 1. The van der Waals surface area contributed by atoms with Gasteiger partial charge in [0.25, 0.3) is 0 Å². The summed E-state index contributed by atoms with van der Waals surface area (Å²) in [5, 5.41) is 6.58. The summed E-state index contributed by atoms with van der Waals surface area (Å²) in [6, 6.07) is 8.27. The molecule has 28 heavy (non-hydrogen) atoms. The zero-order chi connectivity index (χ0) is 19.8. The lowest BCUT2D eigenvalue weighted by molar-refractivity contribution is 0.294. The standard InChI is InChI=1S/C20H31N5OS.HI/c1-7-21-20(25(5)13-16-14-27-15(2)23-16)22-12-18(24(3)4)17-10-8-9-11-19(17)26-6;/h8-11,14,18H,7,12-13H2,1-6H3,(H,21,22);1H. The third kappa shape index (κ3) is 6.89. The highest BCUT2D eigenvalue weighted by molar-refractivity contribution is 14.0. The maximum Gasteiger partial charge on any atom is 0.194 e. The number of thiazole rings is 1. The zero-order valence-electron chi connectivity index (χ0n) is 17.6. The molecule has 0 bridgehead atoms. The van der Waals surface area contributed by atoms with Crippen molar-refractivity contribution in [2.45, 2.75) is 26.4 Å². The lowest BCUT2D eigenvalue weighted by Crippen LogP contribution is -2.39. The van der Waals surface area contributed by atoms with E-state index >= 15 is 0 Å². The maximum absolute atomic E-state index is 5.55. The van der Waals surface area contributed by atoms with Crippen molar-refractivity contribution < 1.29 is 4.74 Å². The van der Waals surface area contributed by atoms with E-state index in [4.69, 9.17) is 9.73 Å². The van der Waals surface area contributed by atoms with E-state index in [1.165, 1.54) is 0 Å². The van der Waals surface area contributed by atoms with Gasteiger partial charge >= 0.3 is 0 Å². The molecule has 6 nitrogen and oxygen atoms in total. The second-order valence-corrected chi connectivity index (χ2v) is 7.69. The Kier molecular flexibility index (Phi) is 10.8. The number of methoxy groups -OCH3 is 1. The van der Waals surface area contributed by atoms with Crippen LogP contribution in [0.2, 0.25) is 0 Å². The summed E-state index contributed by atoms with van der Waals surface area (Å²) >= 11 is 1.68. The first kappa shape index (κ1) is 24.6. The third-order valence-electron chi connectivity index (χ3n) is 4.30. The molecule has 1 N–H and O–H groups in total. The van der Waals surface area contributed by atoms with Crippen LogP contribution < -0.4 is 10.1 Å². The molecule has 0 aliphatic rings. The summed E-state index contributed by atoms with van der Waals surface area (Å²) in [4.78, 5) is 13.7. The number of aliphatic imine (C=N–C) groups is 1. The normalized spacial score (nSPS) is 12.5. The van der Waals surface area contributed by atoms with Gasteiger partial charge in [-0.15, -0.1) is 35.3 Å². The van der Waals surface area contributed by atoms with Crippen LogP contribution in [0.5, 0.6) is 5.75 Å². The Morgan fingerprint density at radius 2 is 2.00 bits per heavy atom. The van der Waals surface area contributed by atoms with E-state index in [1.54, 1.807) is 18.4 Å². The fraction of sp³-hybridized carbons (Fsp3) is 0.500. The van der Waals surface area contributed by atoms with Crippen LogP contribution in [0.3, 0.4) is 0 Å². The number of guanidine groups is 1. The van der Waals surface area contributed by atoms with Crippen LogP contribution in [0.4, 0.5) is 0 Å². The van der Waals surface area contributed by atoms with Crippen molar-refractivity contribution in [3.63, 3.8) is 0 Å². The van der Waals surface area contributed by atoms with Gasteiger partial charge < -0.3 is 19.9 Å². The maximum atomic E-state index is 5.55. The van der Waals surface area contributed by atoms with Gasteiger partial charge in [0.15, 0.2) is 5.96 Å². The summed E-state index contributed by atoms with van der Waals surface area (Å²) in [6.07, 6.45) is 0. The van der Waals surface area contributed by atoms with E-state index in [1.807, 2.05) is 32.2 Å². The first-order chi connectivity index (χ1) is 13.0. The Labute approximate surface area is 190 Å². The average molecular weight is 517 g/mol. The number of halogens is 1. The molecule has 1 atom stereocenters. The van der Waals surface area contributed by atoms with Crippen molar-refractivity contribution >= 4 is 41.3 Å². The van der Waals surface area contributed by atoms with Gasteiger partial charge in [-0.25, -0.2) is 4.98 Å². The van der Waals surface area contributed by atoms with E-state index in [9.17, 15) is 0 Å². The fourth-order valence-corrected chi connectivity index (χ4v) is 3.53. The van der Waals surface area contributed by atoms with Crippen LogP contribution in [0, 0.1) is 6.92 Å². The lowest BCUT2D eigenvalue weighted by Gasteiger charge is -2.26. The van der Waals surface area contributed by atoms with Gasteiger partial charge in [0, 0.05) is 24.5 Å². The van der Waals surface area contributed by atoms with Crippen LogP contribution in [-0.2, 0) is 6.54 Å². The molecule has 0 aliphatic heterocycles. The number of ether oxygens (including phenoxy) is 1. The van der Waals surface area contributed by atoms with E-state index in [0.717, 1.165) is 41.1 Å². The molecule has 0 amide bonds. The molecule has 0 saturated heterocycles. The van der Waals surface area contributed by atoms with Crippen molar-refractivity contribution in [2.75, 3.05) is 41.3 Å². The quantitative estimate of drug-likeness (QED) is 0.328. The molecule has 0 radical (unpaired) electrons. The van der Waals surface area contributed by atoms with Gasteiger partial charge in [-0.05, 0) is 34.0 Å². The van der Waals surface area contributed by atoms with E-state index < -0.39 is 0 Å². The van der Waals surface area contributed by atoms with Gasteiger partial charge in [0.1, 0.15) is 5.75 Å². The molecule has 1 aromatic heterocycles. The second-order valence-electron chi connectivity index (χ2n) is 6.63. The molecule has 1 aromatic carbocycles. The summed E-state index contributed by atoms with van der Waals surface area (Å²) in [7, 11) is 7.90. The molecule has 156 valence electrons. The first-order valence-electron chi connectivity index (χ1n) is 9.16. The predicted molar refractivity (Wildman–Crippen MR) is 129 cm³/mol. The SMILES string of the molecule is CCNC(=NCC(c1ccccc1OC)N(C)C)N(C)Cc1csc(C)n1.I. The number of nitrogens with one attached hydrogen (secondary N) is 1. The molecule has 8 heteroatoms. The van der Waals surface area contributed by atoms with Crippen molar-refractivity contribution in [1.82, 2.24) is 20.1 Å². The Hall–Kier alpha value is -1.39. The Morgan fingerprint density at radius 3 is 2.57 bits per heavy atom. The number of hydrogen-bond donors (Lipinski definition) is 1. The summed E-state index contributed by atoms with van der Waals surface area (Å²) in [5.74, 6) is 1.77. The number of rotatable bonds is 8. The lowest BCUT2D eigenvalue weighted by atomic mass is 10.0. The molecule has 0 fully saturated rings. The van der Waals surface area contributed by atoms with Gasteiger partial charge in [-0.3, -0.25) is 4.99 Å². The van der Waals surface area contributed by atoms with Crippen molar-refractivity contribution in [2.24, 2.45) is 4.99 Å². The summed E-state index contributed by atoms with van der Waals surface area (Å²) in [6.45, 7) is 6.30. The highest BCUT2D eigenvalue weighted by Gasteiger charge is 2.19. The number of nitrogens with zero attached hydrogens (tertiary/aromatic N) is 4. The molecule has 0 aliphatic carbocycles. The van der Waals surface area contributed by atoms with Crippen LogP contribution in [0.15, 0.2) is 34.6 Å². The third-order valence-corrected chi connectivity index (χ3v) is 5.12. The number of hydrogen-bond acceptors (Lipinski definition) is 5. The van der Waals surface area contributed by atoms with E-state index in [0.29, 0.717) is 6.54 Å². The topological polar surface area (TPSA) is 53.0 Å². The van der Waals surface area contributed by atoms with Crippen LogP contribution in [0.1, 0.15) is 29.2 Å². The van der Waals surface area contributed by atoms with E-state index in [-0.39, 0.29) is 30.0 Å². The molecule has 1 unspecified atom stereocenters. The highest BCUT2D eigenvalue weighted by atomic mass is 127. The predicted octanol–water partition coefficient (Wildman–Crippen LogP) is 3.78. The van der Waals surface area contributed by atoms with Gasteiger partial charge in [-0.1, -0.05) is 18.2 Å². The molecule has 0 saturated carbocycles. The van der Waals surface area contributed by atoms with Crippen molar-refractivity contribution in [1.29, 1.82) is 0 Å². The highest BCUT2D eigenvalue weighted by Crippen LogP contribution is 2.28. The van der Waals surface area contributed by atoms with Crippen LogP contribution >= 0.6 is 35.3 Å². The first-order valence-corrected chi connectivity index (χ1v) is 10.0. The Morgan fingerprint density at radius 1 is 1.29 bits per heavy atom. The summed E-state index contributed by atoms with van der Waals surface area (Å²) < 4.78 is 5.55. The van der Waals surface area contributed by atoms with Gasteiger partial charge in [0.05, 0.1) is 36.9 Å². The number of benzene rings is 1. The second kappa shape index (κ2) is 12.2. The molecule has 2 aromatic rings. The minimum absolute atomic E-state index is 0. The molecule has 1 heterocycles. The number of likely N-dealkylation sites (N-methyl/N-ethyl adjacent to an activating group) is 1. The number of aromatic nitrogens is 1. The Balaban J connectivity index is 0.00000392. The monoisotopic (exact) mass is 517 g/mol. The fourth-order valence-electron chi connectivity index (χ4n) is 2.92.